The van der Waals surface area contributed by atoms with Crippen LogP contribution < -0.4 is 0 Å². The van der Waals surface area contributed by atoms with Crippen LogP contribution in [0.4, 0.5) is 0 Å². The minimum absolute atomic E-state index is 0.578. The molecule has 0 fully saturated rings. The van der Waals surface area contributed by atoms with E-state index in [9.17, 15) is 0 Å². The van der Waals surface area contributed by atoms with E-state index in [4.69, 9.17) is 9.97 Å². The number of aromatic nitrogens is 5. The molecule has 0 unspecified atom stereocenters. The maximum absolute atomic E-state index is 5.05. The van der Waals surface area contributed by atoms with E-state index in [1.165, 1.54) is 38.0 Å². The Labute approximate surface area is 246 Å². The summed E-state index contributed by atoms with van der Waals surface area (Å²) in [6.07, 6.45) is 3.37. The fraction of sp³-hybridized carbons (Fsp3) is 0. The number of hydrogen-bond donors (Lipinski definition) is 0. The van der Waals surface area contributed by atoms with Crippen LogP contribution in [0.5, 0.6) is 0 Å². The van der Waals surface area contributed by atoms with Gasteiger partial charge in [-0.3, -0.25) is 0 Å². The number of nitrogens with zero attached hydrogens (tertiary/aromatic N) is 5. The first-order valence-electron chi connectivity index (χ1n) is 14.3. The van der Waals surface area contributed by atoms with Gasteiger partial charge in [-0.05, 0) is 70.1 Å². The Morgan fingerprint density at radius 2 is 1.14 bits per heavy atom. The van der Waals surface area contributed by atoms with Crippen molar-refractivity contribution >= 4 is 54.5 Å². The van der Waals surface area contributed by atoms with Crippen LogP contribution in [0.1, 0.15) is 0 Å². The summed E-state index contributed by atoms with van der Waals surface area (Å²) in [5, 5.41) is 7.29. The Hall–Kier alpha value is -5.94. The zero-order chi connectivity index (χ0) is 28.3. The molecule has 5 nitrogen and oxygen atoms in total. The van der Waals surface area contributed by atoms with E-state index in [-0.39, 0.29) is 0 Å². The molecule has 3 heterocycles. The topological polar surface area (TPSA) is 56.5 Å². The standard InChI is InChI=1S/C38H23N5/c1-2-8-26-21-29(14-13-24(26)7-1)35-36-38(40-20-19-39-36)42-37(41-35)25-15-17-30(18-16-25)43-33-12-6-5-11-31(33)32-22-27-9-3-4-10-28(27)23-34(32)43/h1-23H. The van der Waals surface area contributed by atoms with Gasteiger partial charge >= 0.3 is 0 Å². The minimum Gasteiger partial charge on any atom is -0.309 e. The fourth-order valence-electron chi connectivity index (χ4n) is 6.22. The molecule has 9 rings (SSSR count). The first kappa shape index (κ1) is 23.7. The van der Waals surface area contributed by atoms with Gasteiger partial charge in [0, 0.05) is 40.0 Å². The molecular formula is C38H23N5. The second kappa shape index (κ2) is 9.29. The van der Waals surface area contributed by atoms with Crippen LogP contribution in [-0.2, 0) is 0 Å². The predicted molar refractivity (Wildman–Crippen MR) is 175 cm³/mol. The molecule has 0 spiro atoms. The van der Waals surface area contributed by atoms with Crippen LogP contribution in [0, 0.1) is 0 Å². The zero-order valence-corrected chi connectivity index (χ0v) is 23.0. The van der Waals surface area contributed by atoms with Crippen LogP contribution >= 0.6 is 0 Å². The largest absolute Gasteiger partial charge is 0.309 e. The molecule has 9 aromatic rings. The lowest BCUT2D eigenvalue weighted by Crippen LogP contribution is -1.99. The number of rotatable bonds is 3. The molecule has 0 atom stereocenters. The highest BCUT2D eigenvalue weighted by atomic mass is 15.0. The van der Waals surface area contributed by atoms with Gasteiger partial charge in [-0.1, -0.05) is 78.9 Å². The summed E-state index contributed by atoms with van der Waals surface area (Å²) >= 11 is 0. The SMILES string of the molecule is c1ccc2cc(-c3nc(-c4ccc(-n5c6ccccc6c6cc7ccccc7cc65)cc4)nc4nccnc34)ccc2c1. The number of hydrogen-bond acceptors (Lipinski definition) is 4. The van der Waals surface area contributed by atoms with Gasteiger partial charge in [0.2, 0.25) is 0 Å². The molecule has 5 heteroatoms. The first-order chi connectivity index (χ1) is 21.3. The zero-order valence-electron chi connectivity index (χ0n) is 23.0. The van der Waals surface area contributed by atoms with Crippen LogP contribution in [0.3, 0.4) is 0 Å². The summed E-state index contributed by atoms with van der Waals surface area (Å²) in [5.41, 5.74) is 7.40. The van der Waals surface area contributed by atoms with Gasteiger partial charge < -0.3 is 4.57 Å². The average Bonchev–Trinajstić information content (AvgIpc) is 3.39. The molecule has 0 bridgehead atoms. The lowest BCUT2D eigenvalue weighted by Gasteiger charge is -2.11. The van der Waals surface area contributed by atoms with Crippen molar-refractivity contribution in [3.63, 3.8) is 0 Å². The highest BCUT2D eigenvalue weighted by Gasteiger charge is 2.16. The van der Waals surface area contributed by atoms with E-state index in [0.29, 0.717) is 17.0 Å². The Morgan fingerprint density at radius 3 is 1.98 bits per heavy atom. The van der Waals surface area contributed by atoms with E-state index < -0.39 is 0 Å². The third kappa shape index (κ3) is 3.79. The van der Waals surface area contributed by atoms with Gasteiger partial charge in [0.15, 0.2) is 11.5 Å². The van der Waals surface area contributed by atoms with Crippen molar-refractivity contribution < 1.29 is 0 Å². The van der Waals surface area contributed by atoms with Crippen molar-refractivity contribution in [2.45, 2.75) is 0 Å². The summed E-state index contributed by atoms with van der Waals surface area (Å²) in [6, 6.07) is 44.9. The van der Waals surface area contributed by atoms with Gasteiger partial charge in [0.1, 0.15) is 11.2 Å². The Kier molecular flexibility index (Phi) is 5.13. The predicted octanol–water partition coefficient (Wildman–Crippen LogP) is 9.16. The van der Waals surface area contributed by atoms with Crippen LogP contribution in [0.2, 0.25) is 0 Å². The van der Waals surface area contributed by atoms with Gasteiger partial charge in [-0.25, -0.2) is 19.9 Å². The van der Waals surface area contributed by atoms with Crippen LogP contribution in [0.25, 0.3) is 82.8 Å². The Morgan fingerprint density at radius 1 is 0.465 bits per heavy atom. The normalized spacial score (nSPS) is 11.7. The minimum atomic E-state index is 0.578. The molecule has 43 heavy (non-hydrogen) atoms. The summed E-state index contributed by atoms with van der Waals surface area (Å²) in [7, 11) is 0. The van der Waals surface area contributed by atoms with E-state index in [2.05, 4.69) is 142 Å². The summed E-state index contributed by atoms with van der Waals surface area (Å²) in [5.74, 6) is 0.621. The van der Waals surface area contributed by atoms with Crippen molar-refractivity contribution in [3.8, 4) is 28.3 Å². The Balaban J connectivity index is 1.20. The summed E-state index contributed by atoms with van der Waals surface area (Å²) in [6.45, 7) is 0. The van der Waals surface area contributed by atoms with Crippen molar-refractivity contribution in [1.82, 2.24) is 24.5 Å². The number of benzene rings is 6. The van der Waals surface area contributed by atoms with Crippen LogP contribution in [-0.4, -0.2) is 24.5 Å². The quantitative estimate of drug-likeness (QED) is 0.220. The third-order valence-corrected chi connectivity index (χ3v) is 8.28. The van der Waals surface area contributed by atoms with E-state index >= 15 is 0 Å². The number of para-hydroxylation sites is 1. The smallest absolute Gasteiger partial charge is 0.182 e. The fourth-order valence-corrected chi connectivity index (χ4v) is 6.22. The molecule has 200 valence electrons. The highest BCUT2D eigenvalue weighted by molar-refractivity contribution is 6.13. The molecule has 0 aliphatic carbocycles. The van der Waals surface area contributed by atoms with E-state index in [0.717, 1.165) is 27.9 Å². The first-order valence-corrected chi connectivity index (χ1v) is 14.3. The summed E-state index contributed by atoms with van der Waals surface area (Å²) < 4.78 is 2.34. The molecule has 0 N–H and O–H groups in total. The Bertz CT molecular complexity index is 2510. The van der Waals surface area contributed by atoms with E-state index in [1.54, 1.807) is 12.4 Å². The molecular weight excluding hydrogens is 526 g/mol. The molecule has 0 aliphatic heterocycles. The lowest BCUT2D eigenvalue weighted by atomic mass is 10.0. The lowest BCUT2D eigenvalue weighted by molar-refractivity contribution is 1.15. The van der Waals surface area contributed by atoms with Gasteiger partial charge in [-0.2, -0.15) is 0 Å². The van der Waals surface area contributed by atoms with Crippen molar-refractivity contribution in [2.24, 2.45) is 0 Å². The van der Waals surface area contributed by atoms with Gasteiger partial charge in [-0.15, -0.1) is 0 Å². The maximum atomic E-state index is 5.05. The van der Waals surface area contributed by atoms with Crippen molar-refractivity contribution in [1.29, 1.82) is 0 Å². The average molecular weight is 550 g/mol. The van der Waals surface area contributed by atoms with E-state index in [1.807, 2.05) is 0 Å². The van der Waals surface area contributed by atoms with Gasteiger partial charge in [0.25, 0.3) is 0 Å². The monoisotopic (exact) mass is 549 g/mol. The van der Waals surface area contributed by atoms with Crippen molar-refractivity contribution in [2.75, 3.05) is 0 Å². The molecule has 0 radical (unpaired) electrons. The van der Waals surface area contributed by atoms with Crippen LogP contribution in [0.15, 0.2) is 140 Å². The molecule has 3 aromatic heterocycles. The molecule has 0 amide bonds. The molecule has 0 aliphatic rings. The number of fused-ring (bicyclic) bond motifs is 6. The second-order valence-corrected chi connectivity index (χ2v) is 10.8. The van der Waals surface area contributed by atoms with Gasteiger partial charge in [0.05, 0.1) is 11.0 Å². The maximum Gasteiger partial charge on any atom is 0.182 e. The van der Waals surface area contributed by atoms with Crippen molar-refractivity contribution in [3.05, 3.63) is 140 Å². The third-order valence-electron chi connectivity index (χ3n) is 8.28. The second-order valence-electron chi connectivity index (χ2n) is 10.8. The molecule has 0 saturated heterocycles. The molecule has 6 aromatic carbocycles. The summed E-state index contributed by atoms with van der Waals surface area (Å²) in [4.78, 5) is 19.0. The highest BCUT2D eigenvalue weighted by Crippen LogP contribution is 2.35. The molecule has 0 saturated carbocycles.